The van der Waals surface area contributed by atoms with Gasteiger partial charge >= 0.3 is 17.8 Å². The topological polar surface area (TPSA) is 88.9 Å². The van der Waals surface area contributed by atoms with E-state index in [2.05, 4.69) is 0 Å². The molecule has 0 saturated carbocycles. The molecule has 2 fully saturated rings. The summed E-state index contributed by atoms with van der Waals surface area (Å²) in [6.07, 6.45) is 2.16. The third-order valence-electron chi connectivity index (χ3n) is 5.19. The number of hydrogen-bond donors (Lipinski definition) is 0. The fourth-order valence-electron chi connectivity index (χ4n) is 3.70. The van der Waals surface area contributed by atoms with Crippen LogP contribution in [0.4, 0.5) is 4.79 Å². The maximum atomic E-state index is 12.8. The molecular weight excluding hydrogens is 350 g/mol. The fourth-order valence-corrected chi connectivity index (χ4v) is 3.70. The number of carbonyl (C=O) groups is 4. The molecule has 3 heterocycles. The number of urea groups is 1. The van der Waals surface area contributed by atoms with Crippen molar-refractivity contribution < 1.29 is 23.9 Å². The van der Waals surface area contributed by atoms with E-state index in [-0.39, 0.29) is 11.9 Å². The van der Waals surface area contributed by atoms with Crippen LogP contribution in [0, 0.1) is 13.8 Å². The summed E-state index contributed by atoms with van der Waals surface area (Å²) < 4.78 is 7.70. The number of imide groups is 2. The molecular formula is C19H25N3O5. The molecule has 0 bridgehead atoms. The van der Waals surface area contributed by atoms with E-state index < -0.39 is 30.4 Å². The molecule has 8 heteroatoms. The van der Waals surface area contributed by atoms with Crippen molar-refractivity contribution in [3.05, 3.63) is 23.0 Å². The Balaban J connectivity index is 1.78. The second kappa shape index (κ2) is 7.26. The lowest BCUT2D eigenvalue weighted by Crippen LogP contribution is -2.39. The first kappa shape index (κ1) is 19.3. The van der Waals surface area contributed by atoms with Crippen molar-refractivity contribution in [2.75, 3.05) is 13.2 Å². The van der Waals surface area contributed by atoms with Crippen LogP contribution >= 0.6 is 0 Å². The lowest BCUT2D eigenvalue weighted by Gasteiger charge is -2.18. The van der Waals surface area contributed by atoms with Gasteiger partial charge in [-0.1, -0.05) is 0 Å². The van der Waals surface area contributed by atoms with E-state index >= 15 is 0 Å². The highest BCUT2D eigenvalue weighted by molar-refractivity contribution is 6.45. The van der Waals surface area contributed by atoms with Crippen molar-refractivity contribution in [2.45, 2.75) is 59.2 Å². The minimum Gasteiger partial charge on any atom is -0.376 e. The summed E-state index contributed by atoms with van der Waals surface area (Å²) in [6, 6.07) is 0.590. The smallest absolute Gasteiger partial charge is 0.334 e. The summed E-state index contributed by atoms with van der Waals surface area (Å²) in [6.45, 7) is 8.04. The number of Topliss-reactive ketones (excluding diaryl/α,β-unsaturated/α-hetero) is 1. The molecule has 8 nitrogen and oxygen atoms in total. The molecule has 0 N–H and O–H groups in total. The van der Waals surface area contributed by atoms with Gasteiger partial charge in [-0.05, 0) is 46.6 Å². The van der Waals surface area contributed by atoms with E-state index in [1.54, 1.807) is 19.9 Å². The van der Waals surface area contributed by atoms with Crippen LogP contribution in [0.1, 0.15) is 48.4 Å². The van der Waals surface area contributed by atoms with Gasteiger partial charge in [-0.2, -0.15) is 0 Å². The molecule has 3 rings (SSSR count). The number of nitrogens with zero attached hydrogens (tertiary/aromatic N) is 3. The number of carbonyl (C=O) groups excluding carboxylic acids is 4. The van der Waals surface area contributed by atoms with Gasteiger partial charge in [0.1, 0.15) is 0 Å². The molecule has 2 aliphatic heterocycles. The highest BCUT2D eigenvalue weighted by Gasteiger charge is 2.46. The van der Waals surface area contributed by atoms with Crippen LogP contribution < -0.4 is 0 Å². The van der Waals surface area contributed by atoms with Crippen molar-refractivity contribution in [3.63, 3.8) is 0 Å². The summed E-state index contributed by atoms with van der Waals surface area (Å²) in [5, 5.41) is 0. The van der Waals surface area contributed by atoms with Gasteiger partial charge in [0.25, 0.3) is 0 Å². The highest BCUT2D eigenvalue weighted by Crippen LogP contribution is 2.22. The minimum atomic E-state index is -0.949. The van der Waals surface area contributed by atoms with E-state index in [1.807, 2.05) is 18.4 Å². The molecule has 1 aromatic rings. The van der Waals surface area contributed by atoms with Gasteiger partial charge in [0, 0.05) is 36.1 Å². The van der Waals surface area contributed by atoms with Gasteiger partial charge in [-0.25, -0.2) is 9.69 Å². The third-order valence-corrected chi connectivity index (χ3v) is 5.19. The maximum absolute atomic E-state index is 12.8. The van der Waals surface area contributed by atoms with Crippen LogP contribution in [0.2, 0.25) is 0 Å². The lowest BCUT2D eigenvalue weighted by molar-refractivity contribution is -0.143. The predicted molar refractivity (Wildman–Crippen MR) is 96.3 cm³/mol. The first-order valence-corrected chi connectivity index (χ1v) is 9.23. The summed E-state index contributed by atoms with van der Waals surface area (Å²) in [7, 11) is 0. The van der Waals surface area contributed by atoms with Crippen molar-refractivity contribution in [1.29, 1.82) is 0 Å². The van der Waals surface area contributed by atoms with Crippen LogP contribution in [-0.2, 0) is 20.9 Å². The van der Waals surface area contributed by atoms with E-state index in [9.17, 15) is 19.2 Å². The number of ketones is 1. The van der Waals surface area contributed by atoms with Crippen LogP contribution in [0.5, 0.6) is 0 Å². The summed E-state index contributed by atoms with van der Waals surface area (Å²) in [4.78, 5) is 50.9. The Hall–Kier alpha value is -2.48. The molecule has 2 aliphatic rings. The fraction of sp³-hybridized carbons (Fsp3) is 0.579. The predicted octanol–water partition coefficient (Wildman–Crippen LogP) is 1.67. The molecule has 0 radical (unpaired) electrons. The van der Waals surface area contributed by atoms with Crippen LogP contribution in [0.3, 0.4) is 0 Å². The van der Waals surface area contributed by atoms with Crippen molar-refractivity contribution >= 4 is 23.6 Å². The first-order valence-electron chi connectivity index (χ1n) is 9.23. The maximum Gasteiger partial charge on any atom is 0.334 e. The highest BCUT2D eigenvalue weighted by atomic mass is 16.5. The van der Waals surface area contributed by atoms with Gasteiger partial charge in [0.15, 0.2) is 5.78 Å². The van der Waals surface area contributed by atoms with E-state index in [0.717, 1.165) is 40.6 Å². The Morgan fingerprint density at radius 1 is 1.22 bits per heavy atom. The Morgan fingerprint density at radius 3 is 2.48 bits per heavy atom. The summed E-state index contributed by atoms with van der Waals surface area (Å²) in [5.41, 5.74) is 2.16. The zero-order valence-electron chi connectivity index (χ0n) is 16.2. The molecule has 0 spiro atoms. The summed E-state index contributed by atoms with van der Waals surface area (Å²) in [5.74, 6) is -2.19. The second-order valence-corrected chi connectivity index (χ2v) is 7.40. The molecule has 0 aliphatic carbocycles. The Kier molecular flexibility index (Phi) is 5.19. The Bertz CT molecular complexity index is 805. The number of rotatable bonds is 6. The van der Waals surface area contributed by atoms with Crippen molar-refractivity contribution in [1.82, 2.24) is 14.4 Å². The average molecular weight is 375 g/mol. The molecule has 146 valence electrons. The molecule has 1 atom stereocenters. The quantitative estimate of drug-likeness (QED) is 0.429. The zero-order valence-corrected chi connectivity index (χ0v) is 16.2. The minimum absolute atomic E-state index is 0.136. The number of amides is 4. The largest absolute Gasteiger partial charge is 0.376 e. The molecule has 0 aromatic carbocycles. The normalized spacial score (nSPS) is 20.5. The second-order valence-electron chi connectivity index (χ2n) is 7.40. The average Bonchev–Trinajstić information content (AvgIpc) is 3.26. The number of aryl methyl sites for hydroxylation is 1. The molecule has 1 aromatic heterocycles. The number of hydrogen-bond acceptors (Lipinski definition) is 5. The van der Waals surface area contributed by atoms with Gasteiger partial charge < -0.3 is 9.30 Å². The lowest BCUT2D eigenvalue weighted by atomic mass is 10.1. The molecule has 0 unspecified atom stereocenters. The zero-order chi connectivity index (χ0) is 19.9. The Morgan fingerprint density at radius 2 is 1.93 bits per heavy atom. The van der Waals surface area contributed by atoms with E-state index in [4.69, 9.17) is 4.74 Å². The first-order chi connectivity index (χ1) is 12.7. The standard InChI is InChI=1S/C19H25N3O5/c1-11(2)22-18(25)17(24)21(19(22)26)10-16(23)15-8-12(3)20(13(15)4)9-14-6-5-7-27-14/h8,11,14H,5-7,9-10H2,1-4H3/t14-/m1/s1. The van der Waals surface area contributed by atoms with Crippen LogP contribution in [0.25, 0.3) is 0 Å². The number of ether oxygens (including phenoxy) is 1. The van der Waals surface area contributed by atoms with E-state index in [0.29, 0.717) is 12.1 Å². The van der Waals surface area contributed by atoms with E-state index in [1.165, 1.54) is 0 Å². The van der Waals surface area contributed by atoms with Gasteiger partial charge in [0.05, 0.1) is 12.6 Å². The molecule has 27 heavy (non-hydrogen) atoms. The number of aromatic nitrogens is 1. The van der Waals surface area contributed by atoms with Crippen LogP contribution in [0.15, 0.2) is 6.07 Å². The van der Waals surface area contributed by atoms with Crippen molar-refractivity contribution in [2.24, 2.45) is 0 Å². The van der Waals surface area contributed by atoms with Crippen LogP contribution in [-0.4, -0.2) is 63.3 Å². The summed E-state index contributed by atoms with van der Waals surface area (Å²) >= 11 is 0. The Labute approximate surface area is 158 Å². The SMILES string of the molecule is Cc1cc(C(=O)CN2C(=O)C(=O)N(C(C)C)C2=O)c(C)n1C[C@H]1CCCO1. The van der Waals surface area contributed by atoms with Gasteiger partial charge in [-0.15, -0.1) is 0 Å². The van der Waals surface area contributed by atoms with Gasteiger partial charge in [0.2, 0.25) is 0 Å². The monoisotopic (exact) mass is 375 g/mol. The van der Waals surface area contributed by atoms with Crippen molar-refractivity contribution in [3.8, 4) is 0 Å². The molecule has 2 saturated heterocycles. The molecule has 4 amide bonds. The third kappa shape index (κ3) is 3.41. The van der Waals surface area contributed by atoms with Gasteiger partial charge in [-0.3, -0.25) is 19.3 Å².